The smallest absolute Gasteiger partial charge is 0.182 e. The van der Waals surface area contributed by atoms with Crippen LogP contribution in [0, 0.1) is 0 Å². The van der Waals surface area contributed by atoms with Crippen molar-refractivity contribution in [2.75, 3.05) is 0 Å². The molecule has 0 radical (unpaired) electrons. The number of hydrogen-bond acceptors (Lipinski definition) is 4. The first-order valence-corrected chi connectivity index (χ1v) is 18.2. The van der Waals surface area contributed by atoms with Crippen LogP contribution < -0.4 is 0 Å². The van der Waals surface area contributed by atoms with Gasteiger partial charge in [-0.05, 0) is 83.9 Å². The van der Waals surface area contributed by atoms with Crippen molar-refractivity contribution in [2.24, 2.45) is 0 Å². The quantitative estimate of drug-likeness (QED) is 0.173. The number of hydrogen-bond donors (Lipinski definition) is 0. The maximum atomic E-state index is 5.16. The van der Waals surface area contributed by atoms with Crippen LogP contribution in [0.15, 0.2) is 182 Å². The highest BCUT2D eigenvalue weighted by atomic mass is 15.0. The Bertz CT molecular complexity index is 3260. The summed E-state index contributed by atoms with van der Waals surface area (Å²) in [7, 11) is 0. The molecule has 0 atom stereocenters. The maximum absolute atomic E-state index is 5.16. The fraction of sp³-hybridized carbons (Fsp3) is 0. The molecule has 0 saturated heterocycles. The summed E-state index contributed by atoms with van der Waals surface area (Å²) in [6.45, 7) is 0. The van der Waals surface area contributed by atoms with Crippen LogP contribution in [0.25, 0.3) is 110 Å². The molecule has 0 saturated carbocycles. The number of pyridine rings is 1. The van der Waals surface area contributed by atoms with Crippen LogP contribution in [-0.2, 0) is 0 Å². The third-order valence-electron chi connectivity index (χ3n) is 10.7. The van der Waals surface area contributed by atoms with Crippen LogP contribution in [0.3, 0.4) is 0 Å². The molecule has 2 heterocycles. The minimum atomic E-state index is 0.540. The molecule has 0 amide bonds. The first-order valence-electron chi connectivity index (χ1n) is 18.2. The summed E-state index contributed by atoms with van der Waals surface area (Å²) in [5, 5.41) is 13.0. The Hall–Kier alpha value is -7.30. The van der Waals surface area contributed by atoms with Crippen molar-refractivity contribution in [3.05, 3.63) is 182 Å². The highest BCUT2D eigenvalue weighted by molar-refractivity contribution is 6.26. The summed E-state index contributed by atoms with van der Waals surface area (Å²) in [4.78, 5) is 20.4. The lowest BCUT2D eigenvalue weighted by molar-refractivity contribution is 1.06. The van der Waals surface area contributed by atoms with E-state index in [1.165, 1.54) is 48.8 Å². The molecule has 0 N–H and O–H groups in total. The lowest BCUT2D eigenvalue weighted by Crippen LogP contribution is -2.01. The van der Waals surface area contributed by atoms with Gasteiger partial charge in [-0.25, -0.2) is 19.9 Å². The fourth-order valence-corrected chi connectivity index (χ4v) is 7.96. The number of aromatic nitrogens is 4. The number of rotatable bonds is 4. The van der Waals surface area contributed by atoms with Gasteiger partial charge in [0.1, 0.15) is 5.69 Å². The molecule has 0 aliphatic carbocycles. The van der Waals surface area contributed by atoms with Gasteiger partial charge in [0.05, 0.1) is 5.52 Å². The van der Waals surface area contributed by atoms with Crippen molar-refractivity contribution in [1.29, 1.82) is 0 Å². The van der Waals surface area contributed by atoms with E-state index in [4.69, 9.17) is 19.9 Å². The molecule has 4 nitrogen and oxygen atoms in total. The van der Waals surface area contributed by atoms with E-state index in [0.29, 0.717) is 23.2 Å². The van der Waals surface area contributed by atoms with Crippen LogP contribution in [-0.4, -0.2) is 19.9 Å². The largest absolute Gasteiger partial charge is 0.244 e. The zero-order valence-corrected chi connectivity index (χ0v) is 29.1. The molecule has 11 rings (SSSR count). The summed E-state index contributed by atoms with van der Waals surface area (Å²) in [5.41, 5.74) is 5.90. The van der Waals surface area contributed by atoms with E-state index in [9.17, 15) is 0 Å². The Morgan fingerprint density at radius 2 is 0.741 bits per heavy atom. The number of benzene rings is 9. The summed E-state index contributed by atoms with van der Waals surface area (Å²) >= 11 is 0. The minimum Gasteiger partial charge on any atom is -0.244 e. The molecule has 54 heavy (non-hydrogen) atoms. The van der Waals surface area contributed by atoms with Crippen LogP contribution >= 0.6 is 0 Å². The van der Waals surface area contributed by atoms with E-state index in [0.717, 1.165) is 38.2 Å². The highest BCUT2D eigenvalue weighted by Gasteiger charge is 2.17. The SMILES string of the molecule is c1ccc(-c2nc(-c3ccc4c5ccc(-c6ccc7ccccc7c6)cc5c5ccccc5c4c3)nc(-c3ccc4ccc5ccccc5c4n3)n2)cc1. The molecule has 250 valence electrons. The normalized spacial score (nSPS) is 11.7. The maximum Gasteiger partial charge on any atom is 0.182 e. The fourth-order valence-electron chi connectivity index (χ4n) is 7.96. The van der Waals surface area contributed by atoms with E-state index >= 15 is 0 Å². The molecule has 0 bridgehead atoms. The van der Waals surface area contributed by atoms with Crippen LogP contribution in [0.4, 0.5) is 0 Å². The van der Waals surface area contributed by atoms with Gasteiger partial charge in [0.2, 0.25) is 0 Å². The van der Waals surface area contributed by atoms with Crippen molar-refractivity contribution in [1.82, 2.24) is 19.9 Å². The van der Waals surface area contributed by atoms with Crippen LogP contribution in [0.1, 0.15) is 0 Å². The van der Waals surface area contributed by atoms with Gasteiger partial charge < -0.3 is 0 Å². The van der Waals surface area contributed by atoms with Gasteiger partial charge in [-0.15, -0.1) is 0 Å². The van der Waals surface area contributed by atoms with E-state index in [1.807, 2.05) is 36.4 Å². The monoisotopic (exact) mass is 686 g/mol. The Labute approximate surface area is 311 Å². The van der Waals surface area contributed by atoms with Gasteiger partial charge in [0.15, 0.2) is 17.5 Å². The molecule has 9 aromatic carbocycles. The van der Waals surface area contributed by atoms with Gasteiger partial charge in [-0.3, -0.25) is 0 Å². The van der Waals surface area contributed by atoms with Crippen LogP contribution in [0.2, 0.25) is 0 Å². The molecule has 4 heteroatoms. The minimum absolute atomic E-state index is 0.540. The molecular formula is C50H30N4. The molecule has 0 aliphatic rings. The van der Waals surface area contributed by atoms with Crippen molar-refractivity contribution in [3.8, 4) is 45.4 Å². The number of nitrogens with zero attached hydrogens (tertiary/aromatic N) is 4. The third-order valence-corrected chi connectivity index (χ3v) is 10.7. The van der Waals surface area contributed by atoms with Gasteiger partial charge in [-0.1, -0.05) is 158 Å². The highest BCUT2D eigenvalue weighted by Crippen LogP contribution is 2.39. The molecule has 11 aromatic rings. The first-order chi connectivity index (χ1) is 26.7. The van der Waals surface area contributed by atoms with Crippen molar-refractivity contribution >= 4 is 64.8 Å². The van der Waals surface area contributed by atoms with E-state index in [-0.39, 0.29) is 0 Å². The van der Waals surface area contributed by atoms with Crippen molar-refractivity contribution < 1.29 is 0 Å². The summed E-state index contributed by atoms with van der Waals surface area (Å²) in [6, 6.07) is 64.3. The van der Waals surface area contributed by atoms with E-state index < -0.39 is 0 Å². The van der Waals surface area contributed by atoms with Gasteiger partial charge >= 0.3 is 0 Å². The molecular weight excluding hydrogens is 657 g/mol. The van der Waals surface area contributed by atoms with E-state index in [1.54, 1.807) is 0 Å². The summed E-state index contributed by atoms with van der Waals surface area (Å²) < 4.78 is 0. The average molecular weight is 687 g/mol. The van der Waals surface area contributed by atoms with Crippen molar-refractivity contribution in [3.63, 3.8) is 0 Å². The Morgan fingerprint density at radius 1 is 0.241 bits per heavy atom. The van der Waals surface area contributed by atoms with Gasteiger partial charge in [0, 0.05) is 21.9 Å². The molecule has 0 spiro atoms. The summed E-state index contributed by atoms with van der Waals surface area (Å²) in [5.74, 6) is 1.76. The Balaban J connectivity index is 1.10. The lowest BCUT2D eigenvalue weighted by Gasteiger charge is -2.14. The predicted octanol–water partition coefficient (Wildman–Crippen LogP) is 12.9. The third kappa shape index (κ3) is 5.00. The predicted molar refractivity (Wildman–Crippen MR) is 224 cm³/mol. The van der Waals surface area contributed by atoms with Crippen LogP contribution in [0.5, 0.6) is 0 Å². The molecule has 0 fully saturated rings. The Kier molecular flexibility index (Phi) is 6.82. The van der Waals surface area contributed by atoms with E-state index in [2.05, 4.69) is 146 Å². The first kappa shape index (κ1) is 30.3. The lowest BCUT2D eigenvalue weighted by atomic mass is 9.91. The topological polar surface area (TPSA) is 51.6 Å². The second-order valence-electron chi connectivity index (χ2n) is 13.9. The molecule has 0 aliphatic heterocycles. The second-order valence-corrected chi connectivity index (χ2v) is 13.9. The number of fused-ring (bicyclic) bond motifs is 10. The standard InChI is InChI=1S/C50H30N4/c1-2-12-34(13-3-1)48-52-49(54-50(53-48)46-27-24-33-20-19-32-11-6-7-15-39(32)47(33)51-46)38-23-26-43-42-25-22-37(36-21-18-31-10-4-5-14-35(31)28-36)29-44(42)40-16-8-9-17-41(40)45(43)30-38/h1-30H. The second kappa shape index (κ2) is 12.1. The zero-order valence-electron chi connectivity index (χ0n) is 29.1. The Morgan fingerprint density at radius 3 is 1.52 bits per heavy atom. The summed E-state index contributed by atoms with van der Waals surface area (Å²) in [6.07, 6.45) is 0. The molecule has 0 unspecified atom stereocenters. The average Bonchev–Trinajstić information content (AvgIpc) is 3.26. The molecule has 2 aromatic heterocycles. The van der Waals surface area contributed by atoms with Gasteiger partial charge in [-0.2, -0.15) is 0 Å². The van der Waals surface area contributed by atoms with Crippen molar-refractivity contribution in [2.45, 2.75) is 0 Å². The van der Waals surface area contributed by atoms with Gasteiger partial charge in [0.25, 0.3) is 0 Å². The zero-order chi connectivity index (χ0) is 35.6.